The molecule has 1 aliphatic rings. The van der Waals surface area contributed by atoms with Crippen molar-refractivity contribution < 1.29 is 19.1 Å². The van der Waals surface area contributed by atoms with Gasteiger partial charge in [0, 0.05) is 26.2 Å². The van der Waals surface area contributed by atoms with Crippen LogP contribution in [0.1, 0.15) is 23.2 Å². The van der Waals surface area contributed by atoms with E-state index >= 15 is 0 Å². The lowest BCUT2D eigenvalue weighted by atomic mass is 10.1. The number of benzene rings is 1. The number of hydrogen-bond acceptors (Lipinski definition) is 4. The summed E-state index contributed by atoms with van der Waals surface area (Å²) < 4.78 is 11.2. The molecule has 0 bridgehead atoms. The van der Waals surface area contributed by atoms with Crippen molar-refractivity contribution in [3.63, 3.8) is 0 Å². The van der Waals surface area contributed by atoms with Gasteiger partial charge in [0.15, 0.2) is 0 Å². The zero-order valence-electron chi connectivity index (χ0n) is 13.8. The van der Waals surface area contributed by atoms with E-state index in [1.54, 1.807) is 31.1 Å². The Kier molecular flexibility index (Phi) is 5.51. The number of nitrogens with zero attached hydrogens (tertiary/aromatic N) is 2. The minimum absolute atomic E-state index is 0.0492. The molecule has 2 rings (SSSR count). The van der Waals surface area contributed by atoms with Crippen LogP contribution in [0.2, 0.25) is 0 Å². The zero-order chi connectivity index (χ0) is 17.1. The number of likely N-dealkylation sites (tertiary alicyclic amines) is 1. The van der Waals surface area contributed by atoms with Gasteiger partial charge in [-0.15, -0.1) is 0 Å². The highest BCUT2D eigenvalue weighted by Crippen LogP contribution is 2.36. The first kappa shape index (κ1) is 17.6. The molecule has 0 aromatic heterocycles. The smallest absolute Gasteiger partial charge is 0.254 e. The van der Waals surface area contributed by atoms with Gasteiger partial charge in [-0.3, -0.25) is 9.59 Å². The average molecular weight is 385 g/mol. The number of carbonyl (C=O) groups is 2. The Bertz CT molecular complexity index is 593. The van der Waals surface area contributed by atoms with Gasteiger partial charge in [0.1, 0.15) is 22.0 Å². The van der Waals surface area contributed by atoms with Gasteiger partial charge in [0.2, 0.25) is 5.91 Å². The summed E-state index contributed by atoms with van der Waals surface area (Å²) in [5.74, 6) is 0.795. The van der Waals surface area contributed by atoms with Crippen molar-refractivity contribution in [1.29, 1.82) is 0 Å². The Morgan fingerprint density at radius 1 is 1.22 bits per heavy atom. The molecule has 1 aromatic carbocycles. The van der Waals surface area contributed by atoms with Crippen LogP contribution in [0.15, 0.2) is 16.6 Å². The van der Waals surface area contributed by atoms with Crippen LogP contribution in [0, 0.1) is 0 Å². The average Bonchev–Trinajstić information content (AvgIpc) is 3.02. The van der Waals surface area contributed by atoms with Crippen LogP contribution in [0.4, 0.5) is 0 Å². The van der Waals surface area contributed by atoms with E-state index in [1.165, 1.54) is 19.1 Å². The highest BCUT2D eigenvalue weighted by atomic mass is 79.9. The molecule has 2 amide bonds. The van der Waals surface area contributed by atoms with Gasteiger partial charge >= 0.3 is 0 Å². The number of hydrogen-bond donors (Lipinski definition) is 0. The minimum Gasteiger partial charge on any atom is -0.495 e. The first-order valence-electron chi connectivity index (χ1n) is 7.34. The summed E-state index contributed by atoms with van der Waals surface area (Å²) in [6.45, 7) is 0.573. The molecule has 7 heteroatoms. The van der Waals surface area contributed by atoms with Crippen molar-refractivity contribution in [3.8, 4) is 11.5 Å². The Morgan fingerprint density at radius 2 is 1.78 bits per heavy atom. The molecule has 1 aliphatic heterocycles. The molecule has 126 valence electrons. The van der Waals surface area contributed by atoms with Gasteiger partial charge in [0.25, 0.3) is 5.91 Å². The summed E-state index contributed by atoms with van der Waals surface area (Å²) in [5, 5.41) is 0. The van der Waals surface area contributed by atoms with Crippen molar-refractivity contribution in [3.05, 3.63) is 22.2 Å². The Hall–Kier alpha value is -1.76. The fourth-order valence-corrected chi connectivity index (χ4v) is 3.28. The van der Waals surface area contributed by atoms with Crippen LogP contribution in [0.25, 0.3) is 0 Å². The number of likely N-dealkylation sites (N-methyl/N-ethyl adjacent to an activating group) is 1. The Morgan fingerprint density at radius 3 is 2.26 bits per heavy atom. The zero-order valence-corrected chi connectivity index (χ0v) is 15.3. The SMILES string of the molecule is COc1cc(C(=O)N2CCCC2C(=O)N(C)C)cc(OC)c1Br. The summed E-state index contributed by atoms with van der Waals surface area (Å²) in [4.78, 5) is 28.3. The van der Waals surface area contributed by atoms with Crippen molar-refractivity contribution in [2.45, 2.75) is 18.9 Å². The van der Waals surface area contributed by atoms with E-state index in [4.69, 9.17) is 9.47 Å². The molecule has 0 aliphatic carbocycles. The largest absolute Gasteiger partial charge is 0.495 e. The molecule has 1 unspecified atom stereocenters. The topological polar surface area (TPSA) is 59.1 Å². The molecule has 0 N–H and O–H groups in total. The number of halogens is 1. The molecule has 0 saturated carbocycles. The maximum Gasteiger partial charge on any atom is 0.254 e. The lowest BCUT2D eigenvalue weighted by Crippen LogP contribution is -2.45. The van der Waals surface area contributed by atoms with E-state index in [0.29, 0.717) is 34.5 Å². The summed E-state index contributed by atoms with van der Waals surface area (Å²) in [6, 6.07) is 2.91. The lowest BCUT2D eigenvalue weighted by molar-refractivity contribution is -0.132. The van der Waals surface area contributed by atoms with Gasteiger partial charge < -0.3 is 19.3 Å². The minimum atomic E-state index is -0.405. The number of methoxy groups -OCH3 is 2. The van der Waals surface area contributed by atoms with Crippen molar-refractivity contribution in [1.82, 2.24) is 9.80 Å². The molecular weight excluding hydrogens is 364 g/mol. The first-order chi connectivity index (χ1) is 10.9. The summed E-state index contributed by atoms with van der Waals surface area (Å²) >= 11 is 3.39. The van der Waals surface area contributed by atoms with Gasteiger partial charge in [-0.2, -0.15) is 0 Å². The third-order valence-corrected chi connectivity index (χ3v) is 4.71. The normalized spacial score (nSPS) is 17.1. The molecule has 1 heterocycles. The fraction of sp³-hybridized carbons (Fsp3) is 0.500. The number of amides is 2. The van der Waals surface area contributed by atoms with E-state index in [9.17, 15) is 9.59 Å². The predicted molar refractivity (Wildman–Crippen MR) is 90.0 cm³/mol. The number of ether oxygens (including phenoxy) is 2. The molecule has 0 spiro atoms. The molecule has 1 fully saturated rings. The summed E-state index contributed by atoms with van der Waals surface area (Å²) in [5.41, 5.74) is 0.445. The van der Waals surface area contributed by atoms with Crippen LogP contribution >= 0.6 is 15.9 Å². The van der Waals surface area contributed by atoms with E-state index in [2.05, 4.69) is 15.9 Å². The second-order valence-corrected chi connectivity index (χ2v) is 6.38. The van der Waals surface area contributed by atoms with Gasteiger partial charge in [0.05, 0.1) is 14.2 Å². The Balaban J connectivity index is 2.34. The number of rotatable bonds is 4. The van der Waals surface area contributed by atoms with E-state index in [0.717, 1.165) is 6.42 Å². The maximum absolute atomic E-state index is 12.9. The second kappa shape index (κ2) is 7.21. The fourth-order valence-electron chi connectivity index (χ4n) is 2.72. The predicted octanol–water partition coefficient (Wildman–Crippen LogP) is 2.16. The molecule has 23 heavy (non-hydrogen) atoms. The lowest BCUT2D eigenvalue weighted by Gasteiger charge is -2.26. The van der Waals surface area contributed by atoms with Crippen molar-refractivity contribution in [2.24, 2.45) is 0 Å². The molecular formula is C16H21BrN2O4. The molecule has 0 radical (unpaired) electrons. The Labute approximate surface area is 144 Å². The third kappa shape index (κ3) is 3.44. The molecule has 6 nitrogen and oxygen atoms in total. The first-order valence-corrected chi connectivity index (χ1v) is 8.13. The van der Waals surface area contributed by atoms with Crippen LogP contribution in [-0.4, -0.2) is 62.5 Å². The molecule has 1 aromatic rings. The highest BCUT2D eigenvalue weighted by Gasteiger charge is 2.35. The maximum atomic E-state index is 12.9. The number of carbonyl (C=O) groups excluding carboxylic acids is 2. The standard InChI is InChI=1S/C16H21BrN2O4/c1-18(2)16(21)11-6-5-7-19(11)15(20)10-8-12(22-3)14(17)13(9-10)23-4/h8-9,11H,5-7H2,1-4H3. The van der Waals surface area contributed by atoms with Crippen molar-refractivity contribution >= 4 is 27.7 Å². The van der Waals surface area contributed by atoms with Crippen LogP contribution < -0.4 is 9.47 Å². The molecule has 1 saturated heterocycles. The van der Waals surface area contributed by atoms with Gasteiger partial charge in [-0.05, 0) is 40.9 Å². The van der Waals surface area contributed by atoms with Crippen LogP contribution in [-0.2, 0) is 4.79 Å². The quantitative estimate of drug-likeness (QED) is 0.797. The van der Waals surface area contributed by atoms with Crippen molar-refractivity contribution in [2.75, 3.05) is 34.9 Å². The van der Waals surface area contributed by atoms with Crippen LogP contribution in [0.3, 0.4) is 0 Å². The van der Waals surface area contributed by atoms with E-state index in [-0.39, 0.29) is 11.8 Å². The van der Waals surface area contributed by atoms with E-state index in [1.807, 2.05) is 0 Å². The highest BCUT2D eigenvalue weighted by molar-refractivity contribution is 9.10. The third-order valence-electron chi connectivity index (χ3n) is 3.93. The second-order valence-electron chi connectivity index (χ2n) is 5.58. The summed E-state index contributed by atoms with van der Waals surface area (Å²) in [6.07, 6.45) is 1.51. The monoisotopic (exact) mass is 384 g/mol. The van der Waals surface area contributed by atoms with E-state index < -0.39 is 6.04 Å². The molecule has 1 atom stereocenters. The van der Waals surface area contributed by atoms with Gasteiger partial charge in [-0.1, -0.05) is 0 Å². The summed E-state index contributed by atoms with van der Waals surface area (Å²) in [7, 11) is 6.47. The van der Waals surface area contributed by atoms with Crippen LogP contribution in [0.5, 0.6) is 11.5 Å². The van der Waals surface area contributed by atoms with Gasteiger partial charge in [-0.25, -0.2) is 0 Å².